The number of nitrogens with one attached hydrogen (secondary N) is 1. The number of azo groups is 1. The number of carbonyl (C=O) groups is 3. The van der Waals surface area contributed by atoms with Crippen molar-refractivity contribution in [2.24, 2.45) is 10.2 Å². The molecule has 5 rings (SSSR count). The van der Waals surface area contributed by atoms with Crippen LogP contribution in [-0.2, 0) is 10.1 Å². The highest BCUT2D eigenvalue weighted by molar-refractivity contribution is 7.86. The monoisotopic (exact) mass is 533 g/mol. The lowest BCUT2D eigenvalue weighted by atomic mass is 9.82. The van der Waals surface area contributed by atoms with E-state index < -0.39 is 38.2 Å². The Morgan fingerprint density at radius 1 is 0.868 bits per heavy atom. The second kappa shape index (κ2) is 9.92. The number of hydrogen-bond donors (Lipinski definition) is 3. The summed E-state index contributed by atoms with van der Waals surface area (Å²) in [5.41, 5.74) is -0.900. The quantitative estimate of drug-likeness (QED) is 0.214. The van der Waals surface area contributed by atoms with E-state index in [1.54, 1.807) is 12.1 Å². The Labute approximate surface area is 218 Å². The molecule has 0 aromatic heterocycles. The van der Waals surface area contributed by atoms with E-state index in [0.717, 1.165) is 38.2 Å². The van der Waals surface area contributed by atoms with Gasteiger partial charge in [0, 0.05) is 22.9 Å². The first-order valence-corrected chi connectivity index (χ1v) is 13.5. The molecule has 0 atom stereocenters. The van der Waals surface area contributed by atoms with Gasteiger partial charge in [0.15, 0.2) is 11.6 Å². The molecule has 0 unspecified atom stereocenters. The fraction of sp³-hybridized carbons (Fsp3) is 0.222. The summed E-state index contributed by atoms with van der Waals surface area (Å²) in [6.07, 6.45) is 4.56. The van der Waals surface area contributed by atoms with E-state index in [0.29, 0.717) is 0 Å². The lowest BCUT2D eigenvalue weighted by Gasteiger charge is -2.28. The lowest BCUT2D eigenvalue weighted by Crippen LogP contribution is -2.27. The van der Waals surface area contributed by atoms with Gasteiger partial charge < -0.3 is 10.4 Å². The smallest absolute Gasteiger partial charge is 0.337 e. The minimum atomic E-state index is -4.95. The maximum absolute atomic E-state index is 13.7. The molecule has 11 heteroatoms. The van der Waals surface area contributed by atoms with Crippen molar-refractivity contribution < 1.29 is 32.5 Å². The molecule has 2 aliphatic carbocycles. The molecule has 0 spiro atoms. The Balaban J connectivity index is 1.78. The maximum atomic E-state index is 13.7. The van der Waals surface area contributed by atoms with Gasteiger partial charge in [0.1, 0.15) is 16.3 Å². The summed E-state index contributed by atoms with van der Waals surface area (Å²) < 4.78 is 35.2. The number of nitrogens with zero attached hydrogens (tertiary/aromatic N) is 2. The second-order valence-electron chi connectivity index (χ2n) is 9.20. The van der Waals surface area contributed by atoms with Gasteiger partial charge in [-0.05, 0) is 31.0 Å². The van der Waals surface area contributed by atoms with Gasteiger partial charge in [-0.2, -0.15) is 8.42 Å². The molecule has 1 saturated carbocycles. The summed E-state index contributed by atoms with van der Waals surface area (Å²) in [4.78, 5) is 38.3. The molecule has 2 aliphatic rings. The predicted molar refractivity (Wildman–Crippen MR) is 138 cm³/mol. The lowest BCUT2D eigenvalue weighted by molar-refractivity contribution is 0.0697. The molecule has 10 nitrogen and oxygen atoms in total. The van der Waals surface area contributed by atoms with Gasteiger partial charge in [0.2, 0.25) is 0 Å². The molecule has 0 bridgehead atoms. The number of rotatable bonds is 6. The van der Waals surface area contributed by atoms with E-state index in [-0.39, 0.29) is 45.2 Å². The number of anilines is 1. The SMILES string of the molecule is O=C(O)c1ccccc1N=Nc1c(S(=O)(=O)O)cc(NC2CCCCC2)c2c1C(=O)c1ccccc1C2=O. The summed E-state index contributed by atoms with van der Waals surface area (Å²) in [5, 5.41) is 20.6. The van der Waals surface area contributed by atoms with Crippen LogP contribution in [0, 0.1) is 0 Å². The summed E-state index contributed by atoms with van der Waals surface area (Å²) in [6.45, 7) is 0. The van der Waals surface area contributed by atoms with Gasteiger partial charge in [-0.1, -0.05) is 55.7 Å². The first-order valence-electron chi connectivity index (χ1n) is 12.0. The van der Waals surface area contributed by atoms with Gasteiger partial charge in [-0.25, -0.2) is 4.79 Å². The predicted octanol–water partition coefficient (Wildman–Crippen LogP) is 5.57. The van der Waals surface area contributed by atoms with Crippen molar-refractivity contribution in [1.82, 2.24) is 0 Å². The first kappa shape index (κ1) is 25.4. The van der Waals surface area contributed by atoms with Crippen LogP contribution in [0.4, 0.5) is 17.1 Å². The van der Waals surface area contributed by atoms with Crippen molar-refractivity contribution in [1.29, 1.82) is 0 Å². The Morgan fingerprint density at radius 2 is 1.47 bits per heavy atom. The number of carboxylic acid groups (broad SMARTS) is 1. The van der Waals surface area contributed by atoms with Gasteiger partial charge in [0.25, 0.3) is 10.1 Å². The van der Waals surface area contributed by atoms with Gasteiger partial charge in [-0.3, -0.25) is 14.1 Å². The molecular weight excluding hydrogens is 510 g/mol. The number of fused-ring (bicyclic) bond motifs is 2. The molecule has 1 fully saturated rings. The number of ketones is 2. The summed E-state index contributed by atoms with van der Waals surface area (Å²) in [6, 6.07) is 12.9. The number of aromatic carboxylic acids is 1. The molecule has 0 amide bonds. The minimum Gasteiger partial charge on any atom is -0.478 e. The third kappa shape index (κ3) is 4.61. The number of hydrogen-bond acceptors (Lipinski definition) is 8. The van der Waals surface area contributed by atoms with Crippen LogP contribution in [0.15, 0.2) is 69.7 Å². The molecule has 0 heterocycles. The van der Waals surface area contributed by atoms with Crippen LogP contribution >= 0.6 is 0 Å². The fourth-order valence-corrected chi connectivity index (χ4v) is 5.63. The summed E-state index contributed by atoms with van der Waals surface area (Å²) >= 11 is 0. The van der Waals surface area contributed by atoms with Crippen molar-refractivity contribution in [2.75, 3.05) is 5.32 Å². The van der Waals surface area contributed by atoms with Crippen molar-refractivity contribution in [3.05, 3.63) is 82.4 Å². The van der Waals surface area contributed by atoms with Crippen LogP contribution in [0.3, 0.4) is 0 Å². The van der Waals surface area contributed by atoms with Crippen LogP contribution < -0.4 is 5.32 Å². The highest BCUT2D eigenvalue weighted by Crippen LogP contribution is 2.43. The average Bonchev–Trinajstić information content (AvgIpc) is 2.90. The Hall–Kier alpha value is -4.22. The van der Waals surface area contributed by atoms with Crippen molar-refractivity contribution in [3.8, 4) is 0 Å². The number of carboxylic acids is 1. The van der Waals surface area contributed by atoms with Crippen molar-refractivity contribution in [2.45, 2.75) is 43.0 Å². The van der Waals surface area contributed by atoms with Crippen LogP contribution in [0.5, 0.6) is 0 Å². The molecule has 3 aromatic rings. The molecular formula is C27H23N3O7S. The highest BCUT2D eigenvalue weighted by Gasteiger charge is 2.38. The maximum Gasteiger partial charge on any atom is 0.337 e. The minimum absolute atomic E-state index is 0.0583. The number of carbonyl (C=O) groups excluding carboxylic acids is 2. The van der Waals surface area contributed by atoms with Crippen LogP contribution in [0.25, 0.3) is 0 Å². The first-order chi connectivity index (χ1) is 18.2. The molecule has 3 N–H and O–H groups in total. The van der Waals surface area contributed by atoms with Gasteiger partial charge >= 0.3 is 5.97 Å². The van der Waals surface area contributed by atoms with Crippen LogP contribution in [0.1, 0.15) is 74.3 Å². The zero-order valence-electron chi connectivity index (χ0n) is 20.0. The topological polar surface area (TPSA) is 163 Å². The molecule has 38 heavy (non-hydrogen) atoms. The van der Waals surface area contributed by atoms with E-state index in [2.05, 4.69) is 15.5 Å². The largest absolute Gasteiger partial charge is 0.478 e. The normalized spacial score (nSPS) is 15.8. The summed E-state index contributed by atoms with van der Waals surface area (Å²) in [7, 11) is -4.95. The Kier molecular flexibility index (Phi) is 6.64. The molecule has 3 aromatic carbocycles. The second-order valence-corrected chi connectivity index (χ2v) is 10.6. The highest BCUT2D eigenvalue weighted by atomic mass is 32.2. The Morgan fingerprint density at radius 3 is 2.11 bits per heavy atom. The average molecular weight is 534 g/mol. The molecule has 194 valence electrons. The van der Waals surface area contributed by atoms with E-state index in [1.807, 2.05) is 0 Å². The van der Waals surface area contributed by atoms with Crippen LogP contribution in [-0.4, -0.2) is 41.7 Å². The van der Waals surface area contributed by atoms with Crippen molar-refractivity contribution >= 4 is 44.7 Å². The van der Waals surface area contributed by atoms with E-state index in [4.69, 9.17) is 0 Å². The van der Waals surface area contributed by atoms with Gasteiger partial charge in [0.05, 0.1) is 16.7 Å². The third-order valence-corrected chi connectivity index (χ3v) is 7.64. The zero-order chi connectivity index (χ0) is 27.0. The van der Waals surface area contributed by atoms with E-state index in [1.165, 1.54) is 36.4 Å². The molecule has 0 saturated heterocycles. The third-order valence-electron chi connectivity index (χ3n) is 6.77. The number of benzene rings is 3. The fourth-order valence-electron chi connectivity index (χ4n) is 4.98. The Bertz CT molecular complexity index is 1620. The molecule has 0 aliphatic heterocycles. The standard InChI is InChI=1S/C27H23N3O7S/c31-25-16-10-4-5-11-17(16)26(32)23-22(25)20(28-15-8-2-1-3-9-15)14-21(38(35,36)37)24(23)30-29-19-13-7-6-12-18(19)27(33)34/h4-7,10-15,28H,1-3,8-9H2,(H,33,34)(H,35,36,37). The van der Waals surface area contributed by atoms with E-state index >= 15 is 0 Å². The van der Waals surface area contributed by atoms with Crippen LogP contribution in [0.2, 0.25) is 0 Å². The van der Waals surface area contributed by atoms with Gasteiger partial charge in [-0.15, -0.1) is 10.2 Å². The van der Waals surface area contributed by atoms with E-state index in [9.17, 15) is 32.5 Å². The van der Waals surface area contributed by atoms with Crippen molar-refractivity contribution in [3.63, 3.8) is 0 Å². The zero-order valence-corrected chi connectivity index (χ0v) is 20.9. The molecule has 0 radical (unpaired) electrons. The summed E-state index contributed by atoms with van der Waals surface area (Å²) in [5.74, 6) is -2.45.